The number of methoxy groups -OCH3 is 1. The first kappa shape index (κ1) is 23.2. The van der Waals surface area contributed by atoms with E-state index in [0.29, 0.717) is 24.6 Å². The number of imide groups is 1. The molecule has 0 radical (unpaired) electrons. The summed E-state index contributed by atoms with van der Waals surface area (Å²) in [4.78, 5) is 42.9. The molecule has 2 heterocycles. The van der Waals surface area contributed by atoms with E-state index in [1.807, 2.05) is 48.5 Å². The van der Waals surface area contributed by atoms with Gasteiger partial charge in [-0.2, -0.15) is 0 Å². The molecule has 2 aromatic carbocycles. The number of carbonyl (C=O) groups is 3. The third-order valence-electron chi connectivity index (χ3n) is 6.26. The van der Waals surface area contributed by atoms with Crippen LogP contribution in [0.5, 0.6) is 5.75 Å². The number of urea groups is 1. The number of para-hydroxylation sites is 1. The maximum atomic E-state index is 13.2. The molecule has 0 saturated carbocycles. The molecule has 1 saturated heterocycles. The Labute approximate surface area is 198 Å². The summed E-state index contributed by atoms with van der Waals surface area (Å²) in [5.74, 6) is 0.156. The molecule has 0 aliphatic carbocycles. The highest BCUT2D eigenvalue weighted by Gasteiger charge is 2.48. The number of thioether (sulfide) groups is 1. The summed E-state index contributed by atoms with van der Waals surface area (Å²) in [6.07, 6.45) is 1.89. The number of anilines is 1. The van der Waals surface area contributed by atoms with Crippen LogP contribution < -0.4 is 15.0 Å². The lowest BCUT2D eigenvalue weighted by atomic mass is 9.93. The molecular formula is C25H29N3O4S. The Morgan fingerprint density at radius 2 is 1.91 bits per heavy atom. The summed E-state index contributed by atoms with van der Waals surface area (Å²) in [7, 11) is 1.61. The minimum atomic E-state index is -1.04. The lowest BCUT2D eigenvalue weighted by molar-refractivity contribution is -0.134. The van der Waals surface area contributed by atoms with E-state index >= 15 is 0 Å². The van der Waals surface area contributed by atoms with Gasteiger partial charge < -0.3 is 15.0 Å². The molecule has 8 heteroatoms. The topological polar surface area (TPSA) is 79.0 Å². The Morgan fingerprint density at radius 1 is 1.18 bits per heavy atom. The fourth-order valence-corrected chi connectivity index (χ4v) is 5.33. The molecule has 1 fully saturated rings. The summed E-state index contributed by atoms with van der Waals surface area (Å²) >= 11 is 1.74. The lowest BCUT2D eigenvalue weighted by Crippen LogP contribution is -2.46. The average Bonchev–Trinajstić information content (AvgIpc) is 2.93. The van der Waals surface area contributed by atoms with E-state index in [1.54, 1.807) is 30.7 Å². The van der Waals surface area contributed by atoms with Crippen molar-refractivity contribution in [3.8, 4) is 5.75 Å². The van der Waals surface area contributed by atoms with E-state index in [4.69, 9.17) is 4.74 Å². The van der Waals surface area contributed by atoms with Gasteiger partial charge in [-0.3, -0.25) is 14.5 Å². The normalized spacial score (nSPS) is 22.6. The van der Waals surface area contributed by atoms with Gasteiger partial charge in [0.1, 0.15) is 17.8 Å². The third-order valence-corrected chi connectivity index (χ3v) is 7.49. The van der Waals surface area contributed by atoms with Crippen LogP contribution in [0.25, 0.3) is 0 Å². The van der Waals surface area contributed by atoms with Gasteiger partial charge in [0.2, 0.25) is 5.91 Å². The number of nitrogens with zero attached hydrogens (tertiary/aromatic N) is 2. The summed E-state index contributed by atoms with van der Waals surface area (Å²) in [5, 5.41) is 3.18. The quantitative estimate of drug-likeness (QED) is 0.653. The SMILES string of the molecule is COc1ccc(CC[C@]2(C)NC(=O)N(CC(=O)N3CC[C@H](C)Sc4ccccc43)C2=O)cc1. The highest BCUT2D eigenvalue weighted by atomic mass is 32.2. The van der Waals surface area contributed by atoms with E-state index in [2.05, 4.69) is 12.2 Å². The maximum Gasteiger partial charge on any atom is 0.325 e. The average molecular weight is 468 g/mol. The van der Waals surface area contributed by atoms with Crippen molar-refractivity contribution in [3.63, 3.8) is 0 Å². The van der Waals surface area contributed by atoms with Gasteiger partial charge >= 0.3 is 6.03 Å². The molecule has 2 atom stereocenters. The molecule has 2 aromatic rings. The molecule has 174 valence electrons. The second kappa shape index (κ2) is 9.47. The molecule has 4 amide bonds. The summed E-state index contributed by atoms with van der Waals surface area (Å²) in [6, 6.07) is 14.9. The van der Waals surface area contributed by atoms with Gasteiger partial charge in [-0.25, -0.2) is 4.79 Å². The molecule has 33 heavy (non-hydrogen) atoms. The fraction of sp³-hybridized carbons (Fsp3) is 0.400. The number of carbonyl (C=O) groups excluding carboxylic acids is 3. The van der Waals surface area contributed by atoms with Crippen molar-refractivity contribution in [3.05, 3.63) is 54.1 Å². The smallest absolute Gasteiger partial charge is 0.325 e. The second-order valence-electron chi connectivity index (χ2n) is 8.73. The molecular weight excluding hydrogens is 438 g/mol. The Hall–Kier alpha value is -3.00. The largest absolute Gasteiger partial charge is 0.497 e. The Kier molecular flexibility index (Phi) is 6.65. The van der Waals surface area contributed by atoms with E-state index < -0.39 is 11.6 Å². The zero-order chi connectivity index (χ0) is 23.6. The molecule has 2 aliphatic heterocycles. The van der Waals surface area contributed by atoms with Gasteiger partial charge in [0, 0.05) is 16.7 Å². The summed E-state index contributed by atoms with van der Waals surface area (Å²) in [6.45, 7) is 4.15. The number of benzene rings is 2. The van der Waals surface area contributed by atoms with E-state index in [0.717, 1.165) is 33.2 Å². The van der Waals surface area contributed by atoms with Gasteiger partial charge in [0.25, 0.3) is 5.91 Å². The minimum absolute atomic E-state index is 0.250. The van der Waals surface area contributed by atoms with Gasteiger partial charge in [-0.15, -0.1) is 11.8 Å². The molecule has 0 spiro atoms. The first-order valence-corrected chi connectivity index (χ1v) is 12.0. The van der Waals surface area contributed by atoms with Crippen molar-refractivity contribution >= 4 is 35.3 Å². The van der Waals surface area contributed by atoms with Crippen molar-refractivity contribution in [1.82, 2.24) is 10.2 Å². The van der Waals surface area contributed by atoms with Crippen LogP contribution in [-0.2, 0) is 16.0 Å². The Bertz CT molecular complexity index is 1060. The summed E-state index contributed by atoms with van der Waals surface area (Å²) in [5.41, 5.74) is 0.839. The van der Waals surface area contributed by atoms with Gasteiger partial charge in [0.05, 0.1) is 12.8 Å². The summed E-state index contributed by atoms with van der Waals surface area (Å²) < 4.78 is 5.18. The fourth-order valence-electron chi connectivity index (χ4n) is 4.21. The predicted octanol–water partition coefficient (Wildman–Crippen LogP) is 3.86. The third kappa shape index (κ3) is 4.85. The number of amides is 4. The number of rotatable bonds is 6. The Morgan fingerprint density at radius 3 is 2.64 bits per heavy atom. The number of hydrogen-bond donors (Lipinski definition) is 1. The number of fused-ring (bicyclic) bond motifs is 1. The molecule has 0 bridgehead atoms. The van der Waals surface area contributed by atoms with Crippen LogP contribution in [0.1, 0.15) is 32.3 Å². The molecule has 0 unspecified atom stereocenters. The molecule has 1 N–H and O–H groups in total. The van der Waals surface area contributed by atoms with Crippen LogP contribution in [0, 0.1) is 0 Å². The number of nitrogens with one attached hydrogen (secondary N) is 1. The standard InChI is InChI=1S/C25H29N3O4S/c1-17-13-15-27(20-6-4-5-7-21(20)33-17)22(29)16-28-23(30)25(2,26-24(28)31)14-12-18-8-10-19(32-3)11-9-18/h4-11,17H,12-16H2,1-3H3,(H,26,31)/t17-,25-/m0/s1. The van der Waals surface area contributed by atoms with Crippen LogP contribution in [0.3, 0.4) is 0 Å². The van der Waals surface area contributed by atoms with Gasteiger partial charge in [0.15, 0.2) is 0 Å². The molecule has 7 nitrogen and oxygen atoms in total. The molecule has 4 rings (SSSR count). The molecule has 0 aromatic heterocycles. The van der Waals surface area contributed by atoms with E-state index in [9.17, 15) is 14.4 Å². The van der Waals surface area contributed by atoms with E-state index in [-0.39, 0.29) is 18.4 Å². The van der Waals surface area contributed by atoms with Crippen LogP contribution in [-0.4, -0.2) is 53.7 Å². The van der Waals surface area contributed by atoms with Crippen molar-refractivity contribution in [2.24, 2.45) is 0 Å². The van der Waals surface area contributed by atoms with Crippen molar-refractivity contribution < 1.29 is 19.1 Å². The van der Waals surface area contributed by atoms with Crippen molar-refractivity contribution in [2.45, 2.75) is 48.8 Å². The van der Waals surface area contributed by atoms with Crippen molar-refractivity contribution in [1.29, 1.82) is 0 Å². The van der Waals surface area contributed by atoms with Gasteiger partial charge in [-0.05, 0) is 56.0 Å². The first-order valence-electron chi connectivity index (χ1n) is 11.1. The van der Waals surface area contributed by atoms with Gasteiger partial charge in [-0.1, -0.05) is 31.2 Å². The zero-order valence-electron chi connectivity index (χ0n) is 19.2. The van der Waals surface area contributed by atoms with Crippen LogP contribution in [0.2, 0.25) is 0 Å². The second-order valence-corrected chi connectivity index (χ2v) is 10.2. The number of hydrogen-bond acceptors (Lipinski definition) is 5. The van der Waals surface area contributed by atoms with Crippen molar-refractivity contribution in [2.75, 3.05) is 25.1 Å². The zero-order valence-corrected chi connectivity index (χ0v) is 20.0. The first-order chi connectivity index (χ1) is 15.8. The molecule has 2 aliphatic rings. The van der Waals surface area contributed by atoms with Crippen LogP contribution in [0.4, 0.5) is 10.5 Å². The maximum absolute atomic E-state index is 13.2. The highest BCUT2D eigenvalue weighted by molar-refractivity contribution is 8.00. The highest BCUT2D eigenvalue weighted by Crippen LogP contribution is 2.37. The van der Waals surface area contributed by atoms with E-state index in [1.165, 1.54) is 0 Å². The number of ether oxygens (including phenoxy) is 1. The monoisotopic (exact) mass is 467 g/mol. The number of aryl methyl sites for hydroxylation is 1. The Balaban J connectivity index is 1.44. The minimum Gasteiger partial charge on any atom is -0.497 e. The van der Waals surface area contributed by atoms with Crippen LogP contribution in [0.15, 0.2) is 53.4 Å². The lowest BCUT2D eigenvalue weighted by Gasteiger charge is -2.25. The predicted molar refractivity (Wildman–Crippen MR) is 129 cm³/mol. The van der Waals surface area contributed by atoms with Crippen LogP contribution >= 0.6 is 11.8 Å².